The molecule has 29 heavy (non-hydrogen) atoms. The van der Waals surface area contributed by atoms with Crippen LogP contribution in [-0.2, 0) is 4.79 Å². The summed E-state index contributed by atoms with van der Waals surface area (Å²) in [4.78, 5) is 26.9. The lowest BCUT2D eigenvalue weighted by molar-refractivity contribution is -0.133. The molecule has 1 aliphatic heterocycles. The van der Waals surface area contributed by atoms with Crippen LogP contribution in [0.5, 0.6) is 11.5 Å². The van der Waals surface area contributed by atoms with Gasteiger partial charge in [-0.05, 0) is 61.1 Å². The van der Waals surface area contributed by atoms with E-state index < -0.39 is 0 Å². The minimum absolute atomic E-state index is 0.0198. The van der Waals surface area contributed by atoms with E-state index in [0.717, 1.165) is 31.2 Å². The Labute approximate surface area is 172 Å². The Morgan fingerprint density at radius 3 is 2.34 bits per heavy atom. The number of fused-ring (bicyclic) bond motifs is 1. The highest BCUT2D eigenvalue weighted by Crippen LogP contribution is 2.36. The van der Waals surface area contributed by atoms with Crippen molar-refractivity contribution in [3.8, 4) is 11.5 Å². The smallest absolute Gasteiger partial charge is 0.251 e. The summed E-state index contributed by atoms with van der Waals surface area (Å²) in [5.74, 6) is 2.63. The van der Waals surface area contributed by atoms with Crippen molar-refractivity contribution in [3.05, 3.63) is 60.2 Å². The number of rotatable bonds is 5. The number of piperidine rings is 1. The second-order valence-electron chi connectivity index (χ2n) is 8.06. The second kappa shape index (κ2) is 9.12. The zero-order chi connectivity index (χ0) is 20.1. The molecular formula is C24H28N2O3. The molecule has 0 radical (unpaired) electrons. The van der Waals surface area contributed by atoms with E-state index in [-0.39, 0.29) is 18.4 Å². The van der Waals surface area contributed by atoms with Crippen LogP contribution in [0.4, 0.5) is 0 Å². The maximum absolute atomic E-state index is 12.6. The molecule has 5 nitrogen and oxygen atoms in total. The summed E-state index contributed by atoms with van der Waals surface area (Å²) in [7, 11) is 0. The van der Waals surface area contributed by atoms with Crippen LogP contribution in [0.3, 0.4) is 0 Å². The predicted octanol–water partition coefficient (Wildman–Crippen LogP) is 4.25. The Kier molecular flexibility index (Phi) is 6.13. The average Bonchev–Trinajstić information content (AvgIpc) is 2.78. The molecule has 2 aromatic carbocycles. The van der Waals surface area contributed by atoms with Gasteiger partial charge in [0.15, 0.2) is 0 Å². The van der Waals surface area contributed by atoms with Gasteiger partial charge in [-0.25, -0.2) is 0 Å². The molecule has 1 saturated heterocycles. The molecule has 0 spiro atoms. The van der Waals surface area contributed by atoms with Crippen molar-refractivity contribution in [3.63, 3.8) is 0 Å². The molecule has 1 saturated carbocycles. The van der Waals surface area contributed by atoms with Crippen molar-refractivity contribution in [2.24, 2.45) is 11.8 Å². The quantitative estimate of drug-likeness (QED) is 0.828. The highest BCUT2D eigenvalue weighted by molar-refractivity contribution is 5.96. The van der Waals surface area contributed by atoms with E-state index in [1.165, 1.54) is 25.7 Å². The van der Waals surface area contributed by atoms with E-state index in [1.54, 1.807) is 24.3 Å². The van der Waals surface area contributed by atoms with Gasteiger partial charge in [-0.1, -0.05) is 37.5 Å². The van der Waals surface area contributed by atoms with E-state index in [2.05, 4.69) is 5.32 Å². The fourth-order valence-corrected chi connectivity index (χ4v) is 4.50. The first-order chi connectivity index (χ1) is 14.2. The Hall–Kier alpha value is -2.82. The molecule has 2 atom stereocenters. The van der Waals surface area contributed by atoms with Gasteiger partial charge in [-0.15, -0.1) is 0 Å². The van der Waals surface area contributed by atoms with Gasteiger partial charge >= 0.3 is 0 Å². The topological polar surface area (TPSA) is 58.6 Å². The molecule has 2 aliphatic rings. The molecule has 1 aliphatic carbocycles. The third-order valence-electron chi connectivity index (χ3n) is 6.14. The fourth-order valence-electron chi connectivity index (χ4n) is 4.50. The zero-order valence-corrected chi connectivity index (χ0v) is 16.7. The molecule has 0 unspecified atom stereocenters. The summed E-state index contributed by atoms with van der Waals surface area (Å²) in [5.41, 5.74) is 0.518. The highest BCUT2D eigenvalue weighted by atomic mass is 16.5. The summed E-state index contributed by atoms with van der Waals surface area (Å²) in [6.45, 7) is 1.73. The lowest BCUT2D eigenvalue weighted by Crippen LogP contribution is -2.48. The molecule has 1 N–H and O–H groups in total. The number of hydrogen-bond donors (Lipinski definition) is 1. The number of nitrogens with one attached hydrogen (secondary N) is 1. The number of para-hydroxylation sites is 1. The van der Waals surface area contributed by atoms with Crippen LogP contribution >= 0.6 is 0 Å². The van der Waals surface area contributed by atoms with Crippen molar-refractivity contribution < 1.29 is 14.3 Å². The van der Waals surface area contributed by atoms with E-state index >= 15 is 0 Å². The minimum atomic E-state index is -0.239. The SMILES string of the molecule is O=C(NCC(=O)N1CC[C@H]2CCCC[C@@H]2C1)c1ccc(Oc2ccccc2)cc1. The number of benzene rings is 2. The molecule has 5 heteroatoms. The Balaban J connectivity index is 1.26. The molecule has 0 aromatic heterocycles. The van der Waals surface area contributed by atoms with E-state index in [4.69, 9.17) is 4.74 Å². The van der Waals surface area contributed by atoms with Crippen LogP contribution in [0, 0.1) is 11.8 Å². The van der Waals surface area contributed by atoms with Gasteiger partial charge in [0.05, 0.1) is 6.54 Å². The lowest BCUT2D eigenvalue weighted by Gasteiger charge is -2.41. The summed E-state index contributed by atoms with van der Waals surface area (Å²) in [6, 6.07) is 16.5. The van der Waals surface area contributed by atoms with E-state index in [0.29, 0.717) is 17.2 Å². The molecule has 4 rings (SSSR count). The van der Waals surface area contributed by atoms with Crippen molar-refractivity contribution in [1.29, 1.82) is 0 Å². The van der Waals surface area contributed by atoms with E-state index in [1.807, 2.05) is 35.2 Å². The van der Waals surface area contributed by atoms with Gasteiger partial charge in [0, 0.05) is 18.7 Å². The van der Waals surface area contributed by atoms with Crippen LogP contribution in [0.1, 0.15) is 42.5 Å². The summed E-state index contributed by atoms with van der Waals surface area (Å²) < 4.78 is 5.74. The van der Waals surface area contributed by atoms with Gasteiger partial charge in [0.25, 0.3) is 5.91 Å². The van der Waals surface area contributed by atoms with E-state index in [9.17, 15) is 9.59 Å². The average molecular weight is 392 g/mol. The number of amides is 2. The maximum atomic E-state index is 12.6. The number of hydrogen-bond acceptors (Lipinski definition) is 3. The van der Waals surface area contributed by atoms with Gasteiger partial charge in [0.2, 0.25) is 5.91 Å². The Bertz CT molecular complexity index is 835. The molecule has 0 bridgehead atoms. The number of likely N-dealkylation sites (tertiary alicyclic amines) is 1. The molecule has 2 fully saturated rings. The van der Waals surface area contributed by atoms with Gasteiger partial charge in [-0.2, -0.15) is 0 Å². The maximum Gasteiger partial charge on any atom is 0.251 e. The first kappa shape index (κ1) is 19.5. The molecule has 1 heterocycles. The van der Waals surface area contributed by atoms with Crippen molar-refractivity contribution in [1.82, 2.24) is 10.2 Å². The summed E-state index contributed by atoms with van der Waals surface area (Å²) >= 11 is 0. The molecule has 2 aromatic rings. The van der Waals surface area contributed by atoms with Crippen LogP contribution in [-0.4, -0.2) is 36.3 Å². The minimum Gasteiger partial charge on any atom is -0.457 e. The van der Waals surface area contributed by atoms with Crippen LogP contribution in [0.25, 0.3) is 0 Å². The van der Waals surface area contributed by atoms with Gasteiger partial charge < -0.3 is 15.0 Å². The van der Waals surface area contributed by atoms with Crippen LogP contribution in [0.2, 0.25) is 0 Å². The number of nitrogens with zero attached hydrogens (tertiary/aromatic N) is 1. The normalized spacial score (nSPS) is 21.2. The van der Waals surface area contributed by atoms with Gasteiger partial charge in [0.1, 0.15) is 11.5 Å². The third-order valence-corrected chi connectivity index (χ3v) is 6.14. The monoisotopic (exact) mass is 392 g/mol. The number of carbonyl (C=O) groups excluding carboxylic acids is 2. The largest absolute Gasteiger partial charge is 0.457 e. The fraction of sp³-hybridized carbons (Fsp3) is 0.417. The number of ether oxygens (including phenoxy) is 1. The highest BCUT2D eigenvalue weighted by Gasteiger charge is 2.32. The zero-order valence-electron chi connectivity index (χ0n) is 16.7. The van der Waals surface area contributed by atoms with Crippen LogP contribution < -0.4 is 10.1 Å². The number of carbonyl (C=O) groups is 2. The molecular weight excluding hydrogens is 364 g/mol. The molecule has 152 valence electrons. The Morgan fingerprint density at radius 1 is 0.897 bits per heavy atom. The standard InChI is InChI=1S/C24H28N2O3/c27-23(26-15-14-18-6-4-5-7-20(18)17-26)16-25-24(28)19-10-12-22(13-11-19)29-21-8-2-1-3-9-21/h1-3,8-13,18,20H,4-7,14-17H2,(H,25,28)/t18-,20-/m1/s1. The lowest BCUT2D eigenvalue weighted by atomic mass is 9.75. The first-order valence-electron chi connectivity index (χ1n) is 10.6. The van der Waals surface area contributed by atoms with Crippen molar-refractivity contribution >= 4 is 11.8 Å². The van der Waals surface area contributed by atoms with Crippen LogP contribution in [0.15, 0.2) is 54.6 Å². The van der Waals surface area contributed by atoms with Gasteiger partial charge in [-0.3, -0.25) is 9.59 Å². The van der Waals surface area contributed by atoms with Crippen molar-refractivity contribution in [2.45, 2.75) is 32.1 Å². The molecule has 2 amide bonds. The first-order valence-corrected chi connectivity index (χ1v) is 10.6. The third kappa shape index (κ3) is 4.97. The Morgan fingerprint density at radius 2 is 1.59 bits per heavy atom. The predicted molar refractivity (Wildman–Crippen MR) is 112 cm³/mol. The second-order valence-corrected chi connectivity index (χ2v) is 8.06. The van der Waals surface area contributed by atoms with Crippen molar-refractivity contribution in [2.75, 3.05) is 19.6 Å². The summed E-state index contributed by atoms with van der Waals surface area (Å²) in [6.07, 6.45) is 6.27. The summed E-state index contributed by atoms with van der Waals surface area (Å²) in [5, 5.41) is 2.77.